The lowest BCUT2D eigenvalue weighted by Gasteiger charge is -2.14. The quantitative estimate of drug-likeness (QED) is 0.519. The van der Waals surface area contributed by atoms with Crippen LogP contribution in [-0.4, -0.2) is 26.1 Å². The molecule has 7 nitrogen and oxygen atoms in total. The Morgan fingerprint density at radius 2 is 1.87 bits per heavy atom. The minimum atomic E-state index is -0.332. The van der Waals surface area contributed by atoms with Crippen molar-refractivity contribution < 1.29 is 9.18 Å². The van der Waals surface area contributed by atoms with Gasteiger partial charge >= 0.3 is 0 Å². The molecule has 1 aromatic heterocycles. The molecule has 30 heavy (non-hydrogen) atoms. The lowest BCUT2D eigenvalue weighted by Crippen LogP contribution is -2.23. The average molecular weight is 427 g/mol. The van der Waals surface area contributed by atoms with E-state index in [4.69, 9.17) is 5.73 Å². The summed E-state index contributed by atoms with van der Waals surface area (Å²) in [6.45, 7) is 5.76. The van der Waals surface area contributed by atoms with Gasteiger partial charge in [-0.15, -0.1) is 11.8 Å². The standard InChI is InChI=1S/C21H23FN6OS/c1-12-4-5-13(2)17(10-12)25-19(29)14(3)30-11-18-26-20(23)28-21(27-18)24-16-8-6-15(22)7-9-16/h4-10,14H,11H2,1-3H3,(H,25,29)(H3,23,24,26,27,28). The Bertz CT molecular complexity index is 1040. The minimum Gasteiger partial charge on any atom is -0.368 e. The van der Waals surface area contributed by atoms with Crippen molar-refractivity contribution in [3.63, 3.8) is 0 Å². The summed E-state index contributed by atoms with van der Waals surface area (Å²) in [6.07, 6.45) is 0. The first-order valence-electron chi connectivity index (χ1n) is 9.33. The Morgan fingerprint density at radius 1 is 1.13 bits per heavy atom. The number of aryl methyl sites for hydroxylation is 2. The number of hydrogen-bond donors (Lipinski definition) is 3. The average Bonchev–Trinajstić information content (AvgIpc) is 2.70. The highest BCUT2D eigenvalue weighted by Gasteiger charge is 2.16. The fraction of sp³-hybridized carbons (Fsp3) is 0.238. The number of hydrogen-bond acceptors (Lipinski definition) is 7. The molecule has 9 heteroatoms. The van der Waals surface area contributed by atoms with Gasteiger partial charge in [0.1, 0.15) is 11.6 Å². The van der Waals surface area contributed by atoms with Gasteiger partial charge in [0.2, 0.25) is 17.8 Å². The van der Waals surface area contributed by atoms with Crippen molar-refractivity contribution in [2.24, 2.45) is 0 Å². The van der Waals surface area contributed by atoms with Gasteiger partial charge in [0.05, 0.1) is 11.0 Å². The number of benzene rings is 2. The number of rotatable bonds is 7. The molecule has 1 amide bonds. The van der Waals surface area contributed by atoms with E-state index in [-0.39, 0.29) is 28.9 Å². The summed E-state index contributed by atoms with van der Waals surface area (Å²) in [5.41, 5.74) is 9.31. The van der Waals surface area contributed by atoms with E-state index in [2.05, 4.69) is 25.6 Å². The van der Waals surface area contributed by atoms with Gasteiger partial charge in [-0.3, -0.25) is 4.79 Å². The molecule has 4 N–H and O–H groups in total. The maximum Gasteiger partial charge on any atom is 0.237 e. The number of nitrogens with two attached hydrogens (primary N) is 1. The predicted molar refractivity (Wildman–Crippen MR) is 119 cm³/mol. The highest BCUT2D eigenvalue weighted by Crippen LogP contribution is 2.22. The van der Waals surface area contributed by atoms with Gasteiger partial charge < -0.3 is 16.4 Å². The number of nitrogens with zero attached hydrogens (tertiary/aromatic N) is 3. The number of nitrogen functional groups attached to an aromatic ring is 1. The van der Waals surface area contributed by atoms with Crippen molar-refractivity contribution >= 4 is 40.9 Å². The number of nitrogens with one attached hydrogen (secondary N) is 2. The monoisotopic (exact) mass is 426 g/mol. The van der Waals surface area contributed by atoms with Crippen LogP contribution >= 0.6 is 11.8 Å². The van der Waals surface area contributed by atoms with Crippen molar-refractivity contribution in [2.75, 3.05) is 16.4 Å². The molecule has 0 fully saturated rings. The molecule has 1 heterocycles. The van der Waals surface area contributed by atoms with Crippen molar-refractivity contribution in [1.82, 2.24) is 15.0 Å². The van der Waals surface area contributed by atoms with Crippen LogP contribution in [0.5, 0.6) is 0 Å². The first kappa shape index (κ1) is 21.5. The lowest BCUT2D eigenvalue weighted by molar-refractivity contribution is -0.115. The number of aromatic nitrogens is 3. The SMILES string of the molecule is Cc1ccc(C)c(NC(=O)C(C)SCc2nc(N)nc(Nc3ccc(F)cc3)n2)c1. The maximum atomic E-state index is 13.0. The molecule has 156 valence electrons. The van der Waals surface area contributed by atoms with Gasteiger partial charge in [-0.2, -0.15) is 15.0 Å². The first-order valence-corrected chi connectivity index (χ1v) is 10.4. The van der Waals surface area contributed by atoms with Crippen LogP contribution in [0.1, 0.15) is 23.9 Å². The molecule has 0 bridgehead atoms. The number of anilines is 4. The van der Waals surface area contributed by atoms with Crippen LogP contribution in [0.2, 0.25) is 0 Å². The molecular weight excluding hydrogens is 403 g/mol. The van der Waals surface area contributed by atoms with Crippen molar-refractivity contribution in [2.45, 2.75) is 31.8 Å². The van der Waals surface area contributed by atoms with E-state index in [9.17, 15) is 9.18 Å². The number of thioether (sulfide) groups is 1. The van der Waals surface area contributed by atoms with Crippen LogP contribution in [0.4, 0.5) is 27.7 Å². The summed E-state index contributed by atoms with van der Waals surface area (Å²) in [5, 5.41) is 5.61. The molecule has 0 aliphatic carbocycles. The second-order valence-corrected chi connectivity index (χ2v) is 8.16. The second-order valence-electron chi connectivity index (χ2n) is 6.83. The number of amides is 1. The van der Waals surface area contributed by atoms with E-state index in [0.717, 1.165) is 16.8 Å². The zero-order valence-corrected chi connectivity index (χ0v) is 17.8. The Morgan fingerprint density at radius 3 is 2.60 bits per heavy atom. The summed E-state index contributed by atoms with van der Waals surface area (Å²) in [7, 11) is 0. The highest BCUT2D eigenvalue weighted by molar-refractivity contribution is 7.99. The van der Waals surface area contributed by atoms with Crippen molar-refractivity contribution in [3.8, 4) is 0 Å². The van der Waals surface area contributed by atoms with E-state index < -0.39 is 0 Å². The van der Waals surface area contributed by atoms with Crippen LogP contribution in [0.25, 0.3) is 0 Å². The van der Waals surface area contributed by atoms with Crippen LogP contribution in [0, 0.1) is 19.7 Å². The maximum absolute atomic E-state index is 13.0. The third kappa shape index (κ3) is 5.90. The van der Waals surface area contributed by atoms with Crippen LogP contribution in [0.3, 0.4) is 0 Å². The summed E-state index contributed by atoms with van der Waals surface area (Å²) in [5.74, 6) is 0.728. The summed E-state index contributed by atoms with van der Waals surface area (Å²) < 4.78 is 13.0. The zero-order chi connectivity index (χ0) is 21.7. The normalized spacial score (nSPS) is 11.7. The van der Waals surface area contributed by atoms with Crippen molar-refractivity contribution in [1.29, 1.82) is 0 Å². The van der Waals surface area contributed by atoms with Gasteiger partial charge in [-0.1, -0.05) is 12.1 Å². The largest absolute Gasteiger partial charge is 0.368 e. The van der Waals surface area contributed by atoms with Gasteiger partial charge in [-0.05, 0) is 62.2 Å². The first-order chi connectivity index (χ1) is 14.3. The summed E-state index contributed by atoms with van der Waals surface area (Å²) >= 11 is 1.39. The molecular formula is C21H23FN6OS. The molecule has 3 rings (SSSR count). The molecule has 3 aromatic rings. The van der Waals surface area contributed by atoms with E-state index in [1.54, 1.807) is 12.1 Å². The van der Waals surface area contributed by atoms with Crippen LogP contribution in [0.15, 0.2) is 42.5 Å². The van der Waals surface area contributed by atoms with Gasteiger partial charge in [0, 0.05) is 11.4 Å². The molecule has 0 radical (unpaired) electrons. The van der Waals surface area contributed by atoms with E-state index in [0.29, 0.717) is 17.3 Å². The zero-order valence-electron chi connectivity index (χ0n) is 16.9. The molecule has 0 saturated heterocycles. The van der Waals surface area contributed by atoms with E-state index in [1.165, 1.54) is 23.9 Å². The molecule has 1 atom stereocenters. The van der Waals surface area contributed by atoms with Crippen LogP contribution in [-0.2, 0) is 10.5 Å². The lowest BCUT2D eigenvalue weighted by atomic mass is 10.1. The second kappa shape index (κ2) is 9.53. The third-order valence-corrected chi connectivity index (χ3v) is 5.42. The summed E-state index contributed by atoms with van der Waals surface area (Å²) in [6, 6.07) is 11.7. The van der Waals surface area contributed by atoms with Crippen molar-refractivity contribution in [3.05, 3.63) is 65.2 Å². The summed E-state index contributed by atoms with van der Waals surface area (Å²) in [4.78, 5) is 25.1. The third-order valence-electron chi connectivity index (χ3n) is 4.28. The fourth-order valence-corrected chi connectivity index (χ4v) is 3.34. The number of halogens is 1. The van der Waals surface area contributed by atoms with E-state index in [1.807, 2.05) is 39.0 Å². The number of carbonyl (C=O) groups is 1. The van der Waals surface area contributed by atoms with Gasteiger partial charge in [0.25, 0.3) is 0 Å². The van der Waals surface area contributed by atoms with Gasteiger partial charge in [0.15, 0.2) is 0 Å². The van der Waals surface area contributed by atoms with E-state index >= 15 is 0 Å². The molecule has 1 unspecified atom stereocenters. The molecule has 0 saturated carbocycles. The number of carbonyl (C=O) groups excluding carboxylic acids is 1. The predicted octanol–water partition coefficient (Wildman–Crippen LogP) is 4.21. The Labute approximate surface area is 178 Å². The molecule has 2 aromatic carbocycles. The fourth-order valence-electron chi connectivity index (χ4n) is 2.60. The Balaban J connectivity index is 1.61. The topological polar surface area (TPSA) is 106 Å². The smallest absolute Gasteiger partial charge is 0.237 e. The Hall–Kier alpha value is -3.20. The Kier molecular flexibility index (Phi) is 6.83. The van der Waals surface area contributed by atoms with Gasteiger partial charge in [-0.25, -0.2) is 4.39 Å². The molecule has 0 aliphatic rings. The minimum absolute atomic E-state index is 0.0673. The molecule has 0 spiro atoms. The highest BCUT2D eigenvalue weighted by atomic mass is 32.2. The van der Waals surface area contributed by atoms with Crippen LogP contribution < -0.4 is 16.4 Å². The molecule has 0 aliphatic heterocycles.